The number of para-hydroxylation sites is 1. The van der Waals surface area contributed by atoms with Gasteiger partial charge in [-0.25, -0.2) is 0 Å². The van der Waals surface area contributed by atoms with E-state index in [1.54, 1.807) is 6.07 Å². The number of rotatable bonds is 6. The normalized spacial score (nSPS) is 13.0. The number of hydrogen-bond donors (Lipinski definition) is 1. The molecule has 1 aliphatic rings. The number of amides is 1. The van der Waals surface area contributed by atoms with Gasteiger partial charge in [0.05, 0.1) is 6.26 Å². The molecular weight excluding hydrogens is 408 g/mol. The maximum absolute atomic E-state index is 12.7. The van der Waals surface area contributed by atoms with Crippen LogP contribution < -0.4 is 15.0 Å². The minimum atomic E-state index is -0.287. The maximum Gasteiger partial charge on any atom is 0.291 e. The van der Waals surface area contributed by atoms with Crippen molar-refractivity contribution in [3.63, 3.8) is 0 Å². The summed E-state index contributed by atoms with van der Waals surface area (Å²) in [7, 11) is 0. The van der Waals surface area contributed by atoms with E-state index in [0.29, 0.717) is 5.56 Å². The van der Waals surface area contributed by atoms with Crippen molar-refractivity contribution in [1.29, 1.82) is 0 Å². The van der Waals surface area contributed by atoms with Crippen LogP contribution in [-0.4, -0.2) is 12.5 Å². The van der Waals surface area contributed by atoms with Gasteiger partial charge in [0, 0.05) is 34.9 Å². The molecule has 6 heteroatoms. The fourth-order valence-corrected chi connectivity index (χ4v) is 4.63. The van der Waals surface area contributed by atoms with Gasteiger partial charge < -0.3 is 19.4 Å². The molecular formula is C25H22N2O3S. The van der Waals surface area contributed by atoms with E-state index in [1.165, 1.54) is 16.7 Å². The highest BCUT2D eigenvalue weighted by Crippen LogP contribution is 2.28. The van der Waals surface area contributed by atoms with Crippen molar-refractivity contribution in [3.05, 3.63) is 100 Å². The van der Waals surface area contributed by atoms with Crippen molar-refractivity contribution in [3.8, 4) is 5.75 Å². The molecule has 1 N–H and O–H groups in total. The third-order valence-corrected chi connectivity index (χ3v) is 6.41. The topological polar surface area (TPSA) is 54.7 Å². The Hall–Kier alpha value is -3.51. The van der Waals surface area contributed by atoms with Crippen LogP contribution in [0.25, 0.3) is 0 Å². The van der Waals surface area contributed by atoms with Gasteiger partial charge >= 0.3 is 0 Å². The summed E-state index contributed by atoms with van der Waals surface area (Å²) in [5, 5.41) is 5.09. The lowest BCUT2D eigenvalue weighted by Crippen LogP contribution is -2.29. The lowest BCUT2D eigenvalue weighted by molar-refractivity contribution is 0.0993. The van der Waals surface area contributed by atoms with Gasteiger partial charge in [-0.3, -0.25) is 4.79 Å². The number of anilines is 2. The van der Waals surface area contributed by atoms with Gasteiger partial charge in [-0.15, -0.1) is 11.3 Å². The minimum absolute atomic E-state index is 0.265. The highest BCUT2D eigenvalue weighted by molar-refractivity contribution is 7.10. The Morgan fingerprint density at radius 3 is 2.74 bits per heavy atom. The van der Waals surface area contributed by atoms with Crippen LogP contribution in [0.2, 0.25) is 0 Å². The third kappa shape index (κ3) is 4.34. The van der Waals surface area contributed by atoms with Crippen molar-refractivity contribution in [2.24, 2.45) is 0 Å². The molecule has 0 unspecified atom stereocenters. The van der Waals surface area contributed by atoms with Crippen molar-refractivity contribution in [1.82, 2.24) is 0 Å². The van der Waals surface area contributed by atoms with Crippen LogP contribution in [0, 0.1) is 0 Å². The second-order valence-corrected chi connectivity index (χ2v) is 8.42. The summed E-state index contributed by atoms with van der Waals surface area (Å²) in [5.74, 6) is 0.726. The van der Waals surface area contributed by atoms with Crippen LogP contribution in [0.4, 0.5) is 11.4 Å². The first-order chi connectivity index (χ1) is 15.3. The van der Waals surface area contributed by atoms with Crippen LogP contribution in [0.15, 0.2) is 82.8 Å². The third-order valence-electron chi connectivity index (χ3n) is 5.39. The van der Waals surface area contributed by atoms with E-state index >= 15 is 0 Å². The van der Waals surface area contributed by atoms with E-state index in [4.69, 9.17) is 9.15 Å². The van der Waals surface area contributed by atoms with E-state index in [9.17, 15) is 4.79 Å². The molecule has 3 heterocycles. The molecule has 0 radical (unpaired) electrons. The molecule has 0 saturated heterocycles. The lowest BCUT2D eigenvalue weighted by Gasteiger charge is -2.29. The Labute approximate surface area is 184 Å². The van der Waals surface area contributed by atoms with Gasteiger partial charge in [0.15, 0.2) is 5.76 Å². The molecule has 0 fully saturated rings. The molecule has 2 aromatic heterocycles. The van der Waals surface area contributed by atoms with Gasteiger partial charge in [0.2, 0.25) is 0 Å². The number of carbonyl (C=O) groups is 1. The van der Waals surface area contributed by atoms with Crippen molar-refractivity contribution in [2.75, 3.05) is 16.8 Å². The molecule has 0 aliphatic carbocycles. The molecule has 31 heavy (non-hydrogen) atoms. The quantitative estimate of drug-likeness (QED) is 0.424. The van der Waals surface area contributed by atoms with Crippen LogP contribution in [0.3, 0.4) is 0 Å². The minimum Gasteiger partial charge on any atom is -0.489 e. The number of carbonyl (C=O) groups excluding carboxylic acids is 1. The Bertz CT molecular complexity index is 1160. The molecule has 156 valence electrons. The van der Waals surface area contributed by atoms with Crippen molar-refractivity contribution in [2.45, 2.75) is 19.6 Å². The number of ether oxygens (including phenoxy) is 1. The molecule has 5 rings (SSSR count). The molecule has 0 bridgehead atoms. The predicted octanol–water partition coefficient (Wildman–Crippen LogP) is 5.74. The van der Waals surface area contributed by atoms with E-state index in [2.05, 4.69) is 33.8 Å². The summed E-state index contributed by atoms with van der Waals surface area (Å²) in [4.78, 5) is 16.6. The Kier molecular flexibility index (Phi) is 5.46. The number of furan rings is 1. The molecule has 0 atom stereocenters. The van der Waals surface area contributed by atoms with Crippen LogP contribution >= 0.6 is 11.3 Å². The fourth-order valence-electron chi connectivity index (χ4n) is 3.74. The number of thiophene rings is 1. The summed E-state index contributed by atoms with van der Waals surface area (Å²) in [6, 6.07) is 21.4. The Morgan fingerprint density at radius 1 is 1.06 bits per heavy atom. The smallest absolute Gasteiger partial charge is 0.291 e. The zero-order valence-electron chi connectivity index (χ0n) is 16.9. The van der Waals surface area contributed by atoms with Gasteiger partial charge in [0.1, 0.15) is 12.4 Å². The first-order valence-electron chi connectivity index (χ1n) is 10.2. The van der Waals surface area contributed by atoms with Crippen LogP contribution in [0.5, 0.6) is 5.75 Å². The number of fused-ring (bicyclic) bond motifs is 1. The van der Waals surface area contributed by atoms with Gasteiger partial charge in [-0.05, 0) is 65.9 Å². The molecule has 4 aromatic rings. The summed E-state index contributed by atoms with van der Waals surface area (Å²) < 4.78 is 11.2. The Balaban J connectivity index is 1.22. The van der Waals surface area contributed by atoms with Crippen LogP contribution in [-0.2, 0) is 19.6 Å². The summed E-state index contributed by atoms with van der Waals surface area (Å²) in [6.45, 7) is 2.21. The zero-order valence-corrected chi connectivity index (χ0v) is 17.7. The number of nitrogens with one attached hydrogen (secondary N) is 1. The summed E-state index contributed by atoms with van der Waals surface area (Å²) in [5.41, 5.74) is 4.01. The molecule has 2 aromatic carbocycles. The zero-order chi connectivity index (χ0) is 21.0. The van der Waals surface area contributed by atoms with Gasteiger partial charge in [0.25, 0.3) is 5.91 Å². The summed E-state index contributed by atoms with van der Waals surface area (Å²) in [6.07, 6.45) is 2.59. The monoisotopic (exact) mass is 430 g/mol. The SMILES string of the molecule is O=C(Nc1ccc(N2CCc3sccc3C2)cc1)c1occc1COc1ccccc1. The largest absolute Gasteiger partial charge is 0.489 e. The molecule has 0 saturated carbocycles. The second-order valence-electron chi connectivity index (χ2n) is 7.42. The molecule has 0 spiro atoms. The standard InChI is InChI=1S/C25H22N2O3S/c28-25(24-19(11-14-29-24)17-30-22-4-2-1-3-5-22)26-20-6-8-21(9-7-20)27-13-10-23-18(16-27)12-15-31-23/h1-9,11-12,14-15H,10,13,16-17H2,(H,26,28). The van der Waals surface area contributed by atoms with E-state index < -0.39 is 0 Å². The maximum atomic E-state index is 12.7. The first kappa shape index (κ1) is 19.5. The predicted molar refractivity (Wildman–Crippen MR) is 123 cm³/mol. The average molecular weight is 431 g/mol. The summed E-state index contributed by atoms with van der Waals surface area (Å²) >= 11 is 1.84. The van der Waals surface area contributed by atoms with E-state index in [-0.39, 0.29) is 18.3 Å². The molecule has 1 aliphatic heterocycles. The van der Waals surface area contributed by atoms with Crippen molar-refractivity contribution < 1.29 is 13.9 Å². The fraction of sp³-hybridized carbons (Fsp3) is 0.160. The first-order valence-corrected chi connectivity index (χ1v) is 11.1. The number of nitrogens with zero attached hydrogens (tertiary/aromatic N) is 1. The highest BCUT2D eigenvalue weighted by atomic mass is 32.1. The molecule has 5 nitrogen and oxygen atoms in total. The highest BCUT2D eigenvalue weighted by Gasteiger charge is 2.19. The van der Waals surface area contributed by atoms with Gasteiger partial charge in [-0.2, -0.15) is 0 Å². The van der Waals surface area contributed by atoms with E-state index in [1.807, 2.05) is 53.8 Å². The Morgan fingerprint density at radius 2 is 1.90 bits per heavy atom. The van der Waals surface area contributed by atoms with Crippen LogP contribution in [0.1, 0.15) is 26.6 Å². The number of hydrogen-bond acceptors (Lipinski definition) is 5. The van der Waals surface area contributed by atoms with E-state index in [0.717, 1.165) is 36.6 Å². The second kappa shape index (κ2) is 8.70. The lowest BCUT2D eigenvalue weighted by atomic mass is 10.1. The van der Waals surface area contributed by atoms with Gasteiger partial charge in [-0.1, -0.05) is 18.2 Å². The number of benzene rings is 2. The van der Waals surface area contributed by atoms with Crippen molar-refractivity contribution >= 4 is 28.6 Å². The average Bonchev–Trinajstić information content (AvgIpc) is 3.48. The molecule has 1 amide bonds.